The molecule has 1 unspecified atom stereocenters. The number of carboxylic acids is 1. The van der Waals surface area contributed by atoms with Crippen LogP contribution in [0.3, 0.4) is 0 Å². The van der Waals surface area contributed by atoms with Crippen LogP contribution in [-0.2, 0) is 6.54 Å². The SMILES string of the molecule is O=C(O)c1cccc(CN2CCN(C(c3ccccc3)c3ccc(F)cc3)CC2)n1. The number of benzene rings is 2. The molecule has 1 aliphatic heterocycles. The van der Waals surface area contributed by atoms with Gasteiger partial charge >= 0.3 is 5.97 Å². The summed E-state index contributed by atoms with van der Waals surface area (Å²) in [5.41, 5.74) is 3.10. The van der Waals surface area contributed by atoms with Crippen LogP contribution < -0.4 is 0 Å². The van der Waals surface area contributed by atoms with E-state index in [1.165, 1.54) is 23.8 Å². The summed E-state index contributed by atoms with van der Waals surface area (Å²) in [6, 6.07) is 22.2. The van der Waals surface area contributed by atoms with Crippen molar-refractivity contribution in [2.24, 2.45) is 0 Å². The summed E-state index contributed by atoms with van der Waals surface area (Å²) >= 11 is 0. The third-order valence-corrected chi connectivity index (χ3v) is 5.48. The number of pyridine rings is 1. The van der Waals surface area contributed by atoms with E-state index in [4.69, 9.17) is 5.11 Å². The smallest absolute Gasteiger partial charge is 0.354 e. The van der Waals surface area contributed by atoms with E-state index in [0.29, 0.717) is 6.54 Å². The highest BCUT2D eigenvalue weighted by Gasteiger charge is 2.26. The second kappa shape index (κ2) is 9.15. The first-order valence-electron chi connectivity index (χ1n) is 10.1. The Labute approximate surface area is 175 Å². The largest absolute Gasteiger partial charge is 0.477 e. The van der Waals surface area contributed by atoms with Crippen molar-refractivity contribution in [1.82, 2.24) is 14.8 Å². The summed E-state index contributed by atoms with van der Waals surface area (Å²) < 4.78 is 13.5. The van der Waals surface area contributed by atoms with Crippen molar-refractivity contribution < 1.29 is 14.3 Å². The van der Waals surface area contributed by atoms with Gasteiger partial charge in [0.15, 0.2) is 0 Å². The van der Waals surface area contributed by atoms with Crippen LogP contribution in [0.15, 0.2) is 72.8 Å². The van der Waals surface area contributed by atoms with E-state index in [1.807, 2.05) is 36.4 Å². The quantitative estimate of drug-likeness (QED) is 0.676. The van der Waals surface area contributed by atoms with Crippen molar-refractivity contribution in [2.45, 2.75) is 12.6 Å². The third kappa shape index (κ3) is 4.72. The van der Waals surface area contributed by atoms with Crippen LogP contribution in [0.25, 0.3) is 0 Å². The number of nitrogens with zero attached hydrogens (tertiary/aromatic N) is 3. The first-order valence-corrected chi connectivity index (χ1v) is 10.1. The lowest BCUT2D eigenvalue weighted by Gasteiger charge is -2.39. The molecule has 0 bridgehead atoms. The lowest BCUT2D eigenvalue weighted by molar-refractivity contribution is 0.0689. The molecule has 1 aliphatic rings. The number of carboxylic acid groups (broad SMARTS) is 1. The van der Waals surface area contributed by atoms with Crippen LogP contribution in [-0.4, -0.2) is 52.0 Å². The minimum Gasteiger partial charge on any atom is -0.477 e. The Morgan fingerprint density at radius 3 is 2.23 bits per heavy atom. The fourth-order valence-corrected chi connectivity index (χ4v) is 3.99. The highest BCUT2D eigenvalue weighted by Crippen LogP contribution is 2.29. The second-order valence-electron chi connectivity index (χ2n) is 7.50. The van der Waals surface area contributed by atoms with Crippen LogP contribution in [0.1, 0.15) is 33.4 Å². The van der Waals surface area contributed by atoms with E-state index in [2.05, 4.69) is 26.9 Å². The maximum Gasteiger partial charge on any atom is 0.354 e. The Kier molecular flexibility index (Phi) is 6.16. The fraction of sp³-hybridized carbons (Fsp3) is 0.250. The number of piperazine rings is 1. The molecule has 0 radical (unpaired) electrons. The number of rotatable bonds is 6. The number of halogens is 1. The molecule has 3 aromatic rings. The Bertz CT molecular complexity index is 987. The molecule has 1 saturated heterocycles. The Morgan fingerprint density at radius 2 is 1.57 bits per heavy atom. The van der Waals surface area contributed by atoms with Crippen molar-refractivity contribution in [3.63, 3.8) is 0 Å². The zero-order valence-electron chi connectivity index (χ0n) is 16.6. The molecular formula is C24H24FN3O2. The summed E-state index contributed by atoms with van der Waals surface area (Å²) in [4.78, 5) is 20.1. The zero-order chi connectivity index (χ0) is 20.9. The minimum atomic E-state index is -1.01. The monoisotopic (exact) mass is 405 g/mol. The Hall–Kier alpha value is -3.09. The number of aromatic nitrogens is 1. The molecule has 1 aromatic heterocycles. The van der Waals surface area contributed by atoms with Gasteiger partial charge < -0.3 is 5.11 Å². The maximum absolute atomic E-state index is 13.5. The normalized spacial score (nSPS) is 16.3. The lowest BCUT2D eigenvalue weighted by atomic mass is 9.96. The van der Waals surface area contributed by atoms with Crippen LogP contribution in [0.2, 0.25) is 0 Å². The summed E-state index contributed by atoms with van der Waals surface area (Å²) in [6.45, 7) is 4.04. The van der Waals surface area contributed by atoms with E-state index in [-0.39, 0.29) is 17.6 Å². The van der Waals surface area contributed by atoms with Gasteiger partial charge in [-0.25, -0.2) is 14.2 Å². The van der Waals surface area contributed by atoms with E-state index in [9.17, 15) is 9.18 Å². The molecule has 0 spiro atoms. The summed E-state index contributed by atoms with van der Waals surface area (Å²) in [5.74, 6) is -1.24. The highest BCUT2D eigenvalue weighted by molar-refractivity contribution is 5.85. The predicted molar refractivity (Wildman–Crippen MR) is 113 cm³/mol. The van der Waals surface area contributed by atoms with Gasteiger partial charge in [0.25, 0.3) is 0 Å². The molecule has 2 aromatic carbocycles. The van der Waals surface area contributed by atoms with Gasteiger partial charge in [0.1, 0.15) is 11.5 Å². The van der Waals surface area contributed by atoms with E-state index >= 15 is 0 Å². The van der Waals surface area contributed by atoms with Gasteiger partial charge in [-0.1, -0.05) is 48.5 Å². The number of hydrogen-bond donors (Lipinski definition) is 1. The van der Waals surface area contributed by atoms with Gasteiger partial charge in [-0.3, -0.25) is 9.80 Å². The molecule has 5 nitrogen and oxygen atoms in total. The molecule has 0 saturated carbocycles. The highest BCUT2D eigenvalue weighted by atomic mass is 19.1. The summed E-state index contributed by atoms with van der Waals surface area (Å²) in [7, 11) is 0. The third-order valence-electron chi connectivity index (χ3n) is 5.48. The molecule has 1 N–H and O–H groups in total. The molecule has 0 amide bonds. The van der Waals surface area contributed by atoms with Crippen molar-refractivity contribution in [2.75, 3.05) is 26.2 Å². The van der Waals surface area contributed by atoms with Gasteiger partial charge in [0, 0.05) is 32.7 Å². The first-order chi connectivity index (χ1) is 14.6. The molecule has 30 heavy (non-hydrogen) atoms. The van der Waals surface area contributed by atoms with Gasteiger partial charge in [-0.2, -0.15) is 0 Å². The number of aromatic carboxylic acids is 1. The van der Waals surface area contributed by atoms with Crippen molar-refractivity contribution in [3.8, 4) is 0 Å². The minimum absolute atomic E-state index is 0.0717. The molecule has 6 heteroatoms. The maximum atomic E-state index is 13.5. The van der Waals surface area contributed by atoms with Gasteiger partial charge in [-0.05, 0) is 35.4 Å². The summed E-state index contributed by atoms with van der Waals surface area (Å²) in [6.07, 6.45) is 0. The Morgan fingerprint density at radius 1 is 0.900 bits per heavy atom. The van der Waals surface area contributed by atoms with Crippen LogP contribution >= 0.6 is 0 Å². The van der Waals surface area contributed by atoms with Gasteiger partial charge in [-0.15, -0.1) is 0 Å². The molecule has 1 atom stereocenters. The van der Waals surface area contributed by atoms with E-state index in [0.717, 1.165) is 37.4 Å². The van der Waals surface area contributed by atoms with Crippen molar-refractivity contribution in [3.05, 3.63) is 101 Å². The number of carbonyl (C=O) groups is 1. The Balaban J connectivity index is 1.47. The van der Waals surface area contributed by atoms with Gasteiger partial charge in [0.05, 0.1) is 11.7 Å². The molecular weight excluding hydrogens is 381 g/mol. The van der Waals surface area contributed by atoms with Crippen LogP contribution in [0.4, 0.5) is 4.39 Å². The molecule has 0 aliphatic carbocycles. The molecule has 4 rings (SSSR count). The predicted octanol–water partition coefficient (Wildman–Crippen LogP) is 3.83. The summed E-state index contributed by atoms with van der Waals surface area (Å²) in [5, 5.41) is 9.14. The standard InChI is InChI=1S/C24H24FN3O2/c25-20-11-9-19(10-12-20)23(18-5-2-1-3-6-18)28-15-13-27(14-16-28)17-21-7-4-8-22(26-21)24(29)30/h1-12,23H,13-17H2,(H,29,30). The zero-order valence-corrected chi connectivity index (χ0v) is 16.6. The van der Waals surface area contributed by atoms with Crippen LogP contribution in [0, 0.1) is 5.82 Å². The van der Waals surface area contributed by atoms with E-state index in [1.54, 1.807) is 6.07 Å². The van der Waals surface area contributed by atoms with Crippen molar-refractivity contribution >= 4 is 5.97 Å². The number of hydrogen-bond acceptors (Lipinski definition) is 4. The molecule has 2 heterocycles. The van der Waals surface area contributed by atoms with Gasteiger partial charge in [0.2, 0.25) is 0 Å². The first kappa shape index (κ1) is 20.2. The van der Waals surface area contributed by atoms with Crippen LogP contribution in [0.5, 0.6) is 0 Å². The molecule has 1 fully saturated rings. The lowest BCUT2D eigenvalue weighted by Crippen LogP contribution is -2.47. The van der Waals surface area contributed by atoms with E-state index < -0.39 is 5.97 Å². The fourth-order valence-electron chi connectivity index (χ4n) is 3.99. The average Bonchev–Trinajstić information content (AvgIpc) is 2.77. The van der Waals surface area contributed by atoms with Crippen molar-refractivity contribution in [1.29, 1.82) is 0 Å². The topological polar surface area (TPSA) is 56.7 Å². The molecule has 154 valence electrons. The average molecular weight is 405 g/mol. The second-order valence-corrected chi connectivity index (χ2v) is 7.50.